The standard InChI is InChI=1S/C10H12N2O2/c13-7-10(5-9(14)12-6-10)8-3-1-2-4-11-8/h1-4,13H,5-7H2,(H,12,14). The van der Waals surface area contributed by atoms with Crippen LogP contribution in [0.25, 0.3) is 0 Å². The van der Waals surface area contributed by atoms with Crippen LogP contribution in [-0.4, -0.2) is 29.1 Å². The zero-order chi connectivity index (χ0) is 10.0. The zero-order valence-corrected chi connectivity index (χ0v) is 7.73. The lowest BCUT2D eigenvalue weighted by Crippen LogP contribution is -2.33. The molecule has 74 valence electrons. The van der Waals surface area contributed by atoms with Crippen molar-refractivity contribution >= 4 is 5.91 Å². The molecule has 14 heavy (non-hydrogen) atoms. The first kappa shape index (κ1) is 9.15. The summed E-state index contributed by atoms with van der Waals surface area (Å²) in [7, 11) is 0. The average molecular weight is 192 g/mol. The molecule has 0 spiro atoms. The highest BCUT2D eigenvalue weighted by Crippen LogP contribution is 2.28. The van der Waals surface area contributed by atoms with Crippen LogP contribution in [0.3, 0.4) is 0 Å². The number of aliphatic hydroxyl groups is 1. The van der Waals surface area contributed by atoms with Gasteiger partial charge in [0.15, 0.2) is 0 Å². The van der Waals surface area contributed by atoms with E-state index in [4.69, 9.17) is 0 Å². The van der Waals surface area contributed by atoms with Crippen LogP contribution in [0, 0.1) is 0 Å². The number of nitrogens with one attached hydrogen (secondary N) is 1. The maximum atomic E-state index is 11.1. The molecule has 4 heteroatoms. The molecule has 1 atom stereocenters. The van der Waals surface area contributed by atoms with Crippen molar-refractivity contribution in [2.24, 2.45) is 0 Å². The minimum Gasteiger partial charge on any atom is -0.395 e. The van der Waals surface area contributed by atoms with E-state index in [0.29, 0.717) is 13.0 Å². The van der Waals surface area contributed by atoms with Crippen LogP contribution in [0.2, 0.25) is 0 Å². The van der Waals surface area contributed by atoms with Crippen molar-refractivity contribution in [1.82, 2.24) is 10.3 Å². The fourth-order valence-electron chi connectivity index (χ4n) is 1.75. The summed E-state index contributed by atoms with van der Waals surface area (Å²) in [6.45, 7) is 0.419. The van der Waals surface area contributed by atoms with Crippen molar-refractivity contribution in [2.75, 3.05) is 13.2 Å². The van der Waals surface area contributed by atoms with Crippen molar-refractivity contribution in [2.45, 2.75) is 11.8 Å². The summed E-state index contributed by atoms with van der Waals surface area (Å²) < 4.78 is 0. The first-order valence-electron chi connectivity index (χ1n) is 4.56. The number of hydrogen-bond acceptors (Lipinski definition) is 3. The molecule has 0 aromatic carbocycles. The summed E-state index contributed by atoms with van der Waals surface area (Å²) >= 11 is 0. The highest BCUT2D eigenvalue weighted by atomic mass is 16.3. The second-order valence-electron chi connectivity index (χ2n) is 3.61. The topological polar surface area (TPSA) is 62.2 Å². The highest BCUT2D eigenvalue weighted by molar-refractivity contribution is 5.80. The number of pyridine rings is 1. The summed E-state index contributed by atoms with van der Waals surface area (Å²) in [5.41, 5.74) is 0.263. The van der Waals surface area contributed by atoms with Gasteiger partial charge >= 0.3 is 0 Å². The third-order valence-corrected chi connectivity index (χ3v) is 2.63. The molecule has 1 unspecified atom stereocenters. The molecule has 1 aliphatic heterocycles. The number of carbonyl (C=O) groups excluding carboxylic acids is 1. The molecule has 1 fully saturated rings. The lowest BCUT2D eigenvalue weighted by molar-refractivity contribution is -0.119. The molecule has 1 aliphatic rings. The number of aromatic nitrogens is 1. The molecular formula is C10H12N2O2. The van der Waals surface area contributed by atoms with Gasteiger partial charge in [0.25, 0.3) is 0 Å². The molecule has 2 N–H and O–H groups in total. The van der Waals surface area contributed by atoms with E-state index in [9.17, 15) is 9.90 Å². The minimum absolute atomic E-state index is 0.0234. The molecule has 2 heterocycles. The number of amides is 1. The molecule has 1 aromatic rings. The quantitative estimate of drug-likeness (QED) is 0.684. The van der Waals surface area contributed by atoms with Gasteiger partial charge in [-0.05, 0) is 12.1 Å². The summed E-state index contributed by atoms with van der Waals surface area (Å²) in [4.78, 5) is 15.3. The minimum atomic E-state index is -0.516. The molecule has 0 aliphatic carbocycles. The van der Waals surface area contributed by atoms with Gasteiger partial charge in [-0.1, -0.05) is 6.07 Å². The Labute approximate surface area is 82.0 Å². The van der Waals surface area contributed by atoms with Crippen molar-refractivity contribution in [1.29, 1.82) is 0 Å². The van der Waals surface area contributed by atoms with Gasteiger partial charge in [0, 0.05) is 19.2 Å². The van der Waals surface area contributed by atoms with Gasteiger partial charge < -0.3 is 10.4 Å². The Morgan fingerprint density at radius 1 is 1.57 bits per heavy atom. The number of rotatable bonds is 2. The van der Waals surface area contributed by atoms with Gasteiger partial charge in [-0.25, -0.2) is 0 Å². The fourth-order valence-corrected chi connectivity index (χ4v) is 1.75. The van der Waals surface area contributed by atoms with E-state index in [1.54, 1.807) is 6.20 Å². The SMILES string of the molecule is O=C1CC(CO)(c2ccccn2)CN1. The van der Waals surface area contributed by atoms with Crippen molar-refractivity contribution in [3.8, 4) is 0 Å². The molecule has 1 amide bonds. The summed E-state index contributed by atoms with van der Waals surface area (Å²) in [6.07, 6.45) is 2.00. The largest absolute Gasteiger partial charge is 0.395 e. The molecule has 1 saturated heterocycles. The smallest absolute Gasteiger partial charge is 0.221 e. The summed E-state index contributed by atoms with van der Waals surface area (Å²) in [5, 5.41) is 12.1. The van der Waals surface area contributed by atoms with Crippen LogP contribution in [-0.2, 0) is 10.2 Å². The Morgan fingerprint density at radius 2 is 2.43 bits per heavy atom. The van der Waals surface area contributed by atoms with E-state index in [1.807, 2.05) is 18.2 Å². The molecule has 0 saturated carbocycles. The molecule has 2 rings (SSSR count). The van der Waals surface area contributed by atoms with E-state index in [0.717, 1.165) is 5.69 Å². The maximum absolute atomic E-state index is 11.1. The number of nitrogens with zero attached hydrogens (tertiary/aromatic N) is 1. The van der Waals surface area contributed by atoms with Gasteiger partial charge in [0.05, 0.1) is 17.7 Å². The number of hydrogen-bond donors (Lipinski definition) is 2. The van der Waals surface area contributed by atoms with Crippen LogP contribution < -0.4 is 5.32 Å². The Kier molecular flexibility index (Phi) is 2.21. The van der Waals surface area contributed by atoms with Crippen molar-refractivity contribution in [3.05, 3.63) is 30.1 Å². The third-order valence-electron chi connectivity index (χ3n) is 2.63. The first-order valence-corrected chi connectivity index (χ1v) is 4.56. The van der Waals surface area contributed by atoms with Crippen LogP contribution in [0.4, 0.5) is 0 Å². The van der Waals surface area contributed by atoms with E-state index in [1.165, 1.54) is 0 Å². The molecule has 0 radical (unpaired) electrons. The second-order valence-corrected chi connectivity index (χ2v) is 3.61. The van der Waals surface area contributed by atoms with E-state index in [2.05, 4.69) is 10.3 Å². The van der Waals surface area contributed by atoms with Gasteiger partial charge in [0.2, 0.25) is 5.91 Å². The monoisotopic (exact) mass is 192 g/mol. The van der Waals surface area contributed by atoms with Gasteiger partial charge in [-0.3, -0.25) is 9.78 Å². The number of carbonyl (C=O) groups is 1. The van der Waals surface area contributed by atoms with Crippen molar-refractivity contribution < 1.29 is 9.90 Å². The Bertz CT molecular complexity index is 339. The van der Waals surface area contributed by atoms with Crippen LogP contribution in [0.1, 0.15) is 12.1 Å². The van der Waals surface area contributed by atoms with Crippen LogP contribution in [0.5, 0.6) is 0 Å². The third kappa shape index (κ3) is 1.37. The molecular weight excluding hydrogens is 180 g/mol. The first-order chi connectivity index (χ1) is 6.77. The van der Waals surface area contributed by atoms with Crippen molar-refractivity contribution in [3.63, 3.8) is 0 Å². The summed E-state index contributed by atoms with van der Waals surface area (Å²) in [5.74, 6) is -0.0234. The lowest BCUT2D eigenvalue weighted by atomic mass is 9.84. The van der Waals surface area contributed by atoms with Crippen LogP contribution >= 0.6 is 0 Å². The number of aliphatic hydroxyl groups excluding tert-OH is 1. The van der Waals surface area contributed by atoms with Gasteiger partial charge in [0.1, 0.15) is 0 Å². The van der Waals surface area contributed by atoms with E-state index >= 15 is 0 Å². The summed E-state index contributed by atoms with van der Waals surface area (Å²) in [6, 6.07) is 5.53. The normalized spacial score (nSPS) is 26.2. The molecule has 0 bridgehead atoms. The lowest BCUT2D eigenvalue weighted by Gasteiger charge is -2.23. The van der Waals surface area contributed by atoms with Gasteiger partial charge in [-0.15, -0.1) is 0 Å². The van der Waals surface area contributed by atoms with E-state index < -0.39 is 5.41 Å². The predicted molar refractivity (Wildman–Crippen MR) is 50.6 cm³/mol. The zero-order valence-electron chi connectivity index (χ0n) is 7.73. The maximum Gasteiger partial charge on any atom is 0.221 e. The van der Waals surface area contributed by atoms with Crippen LogP contribution in [0.15, 0.2) is 24.4 Å². The molecule has 4 nitrogen and oxygen atoms in total. The second kappa shape index (κ2) is 3.38. The van der Waals surface area contributed by atoms with Gasteiger partial charge in [-0.2, -0.15) is 0 Å². The predicted octanol–water partition coefficient (Wildman–Crippen LogP) is -0.168. The van der Waals surface area contributed by atoms with E-state index in [-0.39, 0.29) is 12.5 Å². The Balaban J connectivity index is 2.34. The highest BCUT2D eigenvalue weighted by Gasteiger charge is 2.40. The Morgan fingerprint density at radius 3 is 2.93 bits per heavy atom. The fraction of sp³-hybridized carbons (Fsp3) is 0.400. The molecule has 1 aromatic heterocycles. The Hall–Kier alpha value is -1.42. The average Bonchev–Trinajstić information content (AvgIpc) is 2.63.